The molecular formula is C23H25N5O5. The first kappa shape index (κ1) is 21.4. The molecule has 4 heterocycles. The number of anilines is 2. The van der Waals surface area contributed by atoms with Crippen molar-refractivity contribution in [1.82, 2.24) is 9.97 Å². The van der Waals surface area contributed by atoms with Crippen molar-refractivity contribution in [3.8, 4) is 11.8 Å². The van der Waals surface area contributed by atoms with Crippen LogP contribution in [-0.4, -0.2) is 54.6 Å². The van der Waals surface area contributed by atoms with Crippen molar-refractivity contribution in [2.45, 2.75) is 31.5 Å². The molecule has 2 fully saturated rings. The summed E-state index contributed by atoms with van der Waals surface area (Å²) in [6, 6.07) is 9.15. The lowest BCUT2D eigenvalue weighted by atomic mass is 9.79. The average molecular weight is 451 g/mol. The second kappa shape index (κ2) is 8.50. The van der Waals surface area contributed by atoms with Crippen molar-refractivity contribution in [3.63, 3.8) is 0 Å². The number of nitrogens with zero attached hydrogens (tertiary/aromatic N) is 3. The quantitative estimate of drug-likeness (QED) is 0.719. The Morgan fingerprint density at radius 2 is 1.91 bits per heavy atom. The molecule has 1 aromatic heterocycles. The molecule has 1 aromatic carbocycles. The Hall–Kier alpha value is -3.42. The van der Waals surface area contributed by atoms with Crippen molar-refractivity contribution in [2.75, 3.05) is 43.1 Å². The number of fused-ring (bicyclic) bond motifs is 1. The first-order chi connectivity index (χ1) is 16.0. The summed E-state index contributed by atoms with van der Waals surface area (Å²) in [5.74, 6) is -1.54. The van der Waals surface area contributed by atoms with Crippen molar-refractivity contribution < 1.29 is 19.0 Å². The number of ether oxygens (including phenoxy) is 3. The zero-order chi connectivity index (χ0) is 23.0. The van der Waals surface area contributed by atoms with Crippen LogP contribution < -0.4 is 20.5 Å². The SMILES string of the molecule is CCOc1ccc(C2c3c(nc(N4CCC5(CC4)OCCO5)[nH]c3=O)NC(=O)C2C#N)cc1. The third-order valence-electron chi connectivity index (χ3n) is 6.44. The van der Waals surface area contributed by atoms with Crippen LogP contribution in [0.1, 0.15) is 36.8 Å². The van der Waals surface area contributed by atoms with Crippen LogP contribution in [-0.2, 0) is 14.3 Å². The molecule has 1 amide bonds. The maximum absolute atomic E-state index is 13.2. The first-order valence-corrected chi connectivity index (χ1v) is 11.1. The molecule has 33 heavy (non-hydrogen) atoms. The fourth-order valence-corrected chi connectivity index (χ4v) is 4.79. The smallest absolute Gasteiger partial charge is 0.258 e. The average Bonchev–Trinajstić information content (AvgIpc) is 3.27. The van der Waals surface area contributed by atoms with Gasteiger partial charge in [-0.15, -0.1) is 0 Å². The molecule has 3 aliphatic heterocycles. The molecule has 3 aliphatic rings. The molecule has 10 nitrogen and oxygen atoms in total. The number of nitrogens with one attached hydrogen (secondary N) is 2. The summed E-state index contributed by atoms with van der Waals surface area (Å²) in [7, 11) is 0. The number of carbonyl (C=O) groups is 1. The van der Waals surface area contributed by atoms with Crippen LogP contribution in [0.25, 0.3) is 0 Å². The van der Waals surface area contributed by atoms with Crippen LogP contribution in [0.3, 0.4) is 0 Å². The van der Waals surface area contributed by atoms with Crippen LogP contribution in [0.5, 0.6) is 5.75 Å². The van der Waals surface area contributed by atoms with E-state index in [2.05, 4.69) is 21.4 Å². The van der Waals surface area contributed by atoms with E-state index < -0.39 is 23.5 Å². The Labute approximate surface area is 190 Å². The van der Waals surface area contributed by atoms with Gasteiger partial charge in [0.2, 0.25) is 11.9 Å². The predicted molar refractivity (Wildman–Crippen MR) is 118 cm³/mol. The van der Waals surface area contributed by atoms with Crippen molar-refractivity contribution in [3.05, 3.63) is 45.7 Å². The molecule has 1 spiro atoms. The van der Waals surface area contributed by atoms with Crippen molar-refractivity contribution in [1.29, 1.82) is 5.26 Å². The van der Waals surface area contributed by atoms with Gasteiger partial charge in [-0.05, 0) is 24.6 Å². The zero-order valence-corrected chi connectivity index (χ0v) is 18.3. The summed E-state index contributed by atoms with van der Waals surface area (Å²) in [6.45, 7) is 4.79. The maximum Gasteiger partial charge on any atom is 0.258 e. The number of rotatable bonds is 4. The number of piperidine rings is 1. The largest absolute Gasteiger partial charge is 0.494 e. The van der Waals surface area contributed by atoms with Gasteiger partial charge in [-0.1, -0.05) is 12.1 Å². The number of benzene rings is 1. The van der Waals surface area contributed by atoms with Gasteiger partial charge in [0.15, 0.2) is 5.79 Å². The van der Waals surface area contributed by atoms with E-state index in [0.29, 0.717) is 63.0 Å². The highest BCUT2D eigenvalue weighted by atomic mass is 16.7. The highest BCUT2D eigenvalue weighted by Gasteiger charge is 2.42. The van der Waals surface area contributed by atoms with Gasteiger partial charge in [0.05, 0.1) is 31.5 Å². The number of aromatic amines is 1. The molecule has 2 atom stereocenters. The third-order valence-corrected chi connectivity index (χ3v) is 6.44. The Morgan fingerprint density at radius 1 is 1.21 bits per heavy atom. The third kappa shape index (κ3) is 3.83. The Bertz CT molecular complexity index is 1140. The van der Waals surface area contributed by atoms with Gasteiger partial charge in [0, 0.05) is 31.8 Å². The summed E-state index contributed by atoms with van der Waals surface area (Å²) in [6.07, 6.45) is 1.32. The zero-order valence-electron chi connectivity index (χ0n) is 18.3. The maximum atomic E-state index is 13.2. The van der Waals surface area contributed by atoms with Gasteiger partial charge in [-0.25, -0.2) is 0 Å². The number of H-pyrrole nitrogens is 1. The normalized spacial score (nSPS) is 23.6. The van der Waals surface area contributed by atoms with E-state index in [1.807, 2.05) is 11.8 Å². The Kier molecular flexibility index (Phi) is 5.52. The van der Waals surface area contributed by atoms with Crippen LogP contribution in [0.2, 0.25) is 0 Å². The van der Waals surface area contributed by atoms with Gasteiger partial charge < -0.3 is 24.4 Å². The standard InChI is InChI=1S/C23H25N5O5/c1-2-31-15-5-3-14(4-6-15)17-16(13-24)20(29)25-19-18(17)21(30)27-22(26-19)28-9-7-23(8-10-28)32-11-12-33-23/h3-6,16-17H,2,7-12H2,1H3,(H2,25,26,27,29,30). The molecule has 0 radical (unpaired) electrons. The summed E-state index contributed by atoms with van der Waals surface area (Å²) in [5, 5.41) is 12.4. The van der Waals surface area contributed by atoms with Crippen LogP contribution >= 0.6 is 0 Å². The molecule has 2 N–H and O–H groups in total. The van der Waals surface area contributed by atoms with E-state index in [1.165, 1.54) is 0 Å². The molecule has 2 saturated heterocycles. The minimum absolute atomic E-state index is 0.192. The number of hydrogen-bond donors (Lipinski definition) is 2. The molecule has 0 aliphatic carbocycles. The second-order valence-electron chi connectivity index (χ2n) is 8.32. The molecular weight excluding hydrogens is 426 g/mol. The molecule has 2 unspecified atom stereocenters. The van der Waals surface area contributed by atoms with Gasteiger partial charge >= 0.3 is 0 Å². The number of amides is 1. The minimum Gasteiger partial charge on any atom is -0.494 e. The summed E-state index contributed by atoms with van der Waals surface area (Å²) >= 11 is 0. The van der Waals surface area contributed by atoms with Crippen LogP contribution in [0.15, 0.2) is 29.1 Å². The highest BCUT2D eigenvalue weighted by molar-refractivity contribution is 5.98. The van der Waals surface area contributed by atoms with Gasteiger partial charge in [-0.2, -0.15) is 10.2 Å². The van der Waals surface area contributed by atoms with Crippen LogP contribution in [0.4, 0.5) is 11.8 Å². The highest BCUT2D eigenvalue weighted by Crippen LogP contribution is 2.39. The summed E-state index contributed by atoms with van der Waals surface area (Å²) < 4.78 is 17.0. The first-order valence-electron chi connectivity index (χ1n) is 11.1. The van der Waals surface area contributed by atoms with E-state index in [9.17, 15) is 14.9 Å². The van der Waals surface area contributed by atoms with Crippen LogP contribution in [0, 0.1) is 17.2 Å². The lowest BCUT2D eigenvalue weighted by Gasteiger charge is -2.38. The van der Waals surface area contributed by atoms with E-state index in [0.717, 1.165) is 0 Å². The van der Waals surface area contributed by atoms with E-state index in [4.69, 9.17) is 14.2 Å². The topological polar surface area (TPSA) is 130 Å². The number of carbonyl (C=O) groups excluding carboxylic acids is 1. The molecule has 0 bridgehead atoms. The van der Waals surface area contributed by atoms with E-state index >= 15 is 0 Å². The van der Waals surface area contributed by atoms with Gasteiger partial charge in [0.1, 0.15) is 17.5 Å². The molecule has 5 rings (SSSR count). The molecule has 10 heteroatoms. The Morgan fingerprint density at radius 3 is 2.55 bits per heavy atom. The summed E-state index contributed by atoms with van der Waals surface area (Å²) in [4.78, 5) is 35.4. The molecule has 172 valence electrons. The van der Waals surface area contributed by atoms with E-state index in [-0.39, 0.29) is 16.9 Å². The fourth-order valence-electron chi connectivity index (χ4n) is 4.79. The van der Waals surface area contributed by atoms with E-state index in [1.54, 1.807) is 24.3 Å². The monoisotopic (exact) mass is 451 g/mol. The lowest BCUT2D eigenvalue weighted by molar-refractivity contribution is -0.169. The fraction of sp³-hybridized carbons (Fsp3) is 0.478. The number of aromatic nitrogens is 2. The van der Waals surface area contributed by atoms with Gasteiger partial charge in [-0.3, -0.25) is 14.6 Å². The van der Waals surface area contributed by atoms with Crippen molar-refractivity contribution >= 4 is 17.7 Å². The number of nitriles is 1. The van der Waals surface area contributed by atoms with Crippen molar-refractivity contribution in [2.24, 2.45) is 5.92 Å². The summed E-state index contributed by atoms with van der Waals surface area (Å²) in [5.41, 5.74) is 0.587. The molecule has 0 saturated carbocycles. The second-order valence-corrected chi connectivity index (χ2v) is 8.32. The lowest BCUT2D eigenvalue weighted by Crippen LogP contribution is -2.46. The predicted octanol–water partition coefficient (Wildman–Crippen LogP) is 1.74. The molecule has 2 aromatic rings. The Balaban J connectivity index is 1.48. The van der Waals surface area contributed by atoms with Gasteiger partial charge in [0.25, 0.3) is 5.56 Å². The minimum atomic E-state index is -1.05. The number of hydrogen-bond acceptors (Lipinski definition) is 8.